The summed E-state index contributed by atoms with van der Waals surface area (Å²) >= 11 is 0. The Morgan fingerprint density at radius 2 is 1.82 bits per heavy atom. The van der Waals surface area contributed by atoms with E-state index < -0.39 is 5.54 Å². The molecule has 8 nitrogen and oxygen atoms in total. The SMILES string of the molecule is CC(=O)NC1(c2noc(CCC(=O)NCc3ccccc3OC3CCCC3)n2)CCCCCC1. The Kier molecular flexibility index (Phi) is 8.19. The van der Waals surface area contributed by atoms with Crippen LogP contribution in [0.2, 0.25) is 0 Å². The van der Waals surface area contributed by atoms with Crippen LogP contribution in [-0.4, -0.2) is 28.1 Å². The molecule has 0 spiro atoms. The molecule has 0 aliphatic heterocycles. The molecule has 34 heavy (non-hydrogen) atoms. The Morgan fingerprint density at radius 3 is 2.56 bits per heavy atom. The summed E-state index contributed by atoms with van der Waals surface area (Å²) in [4.78, 5) is 29.0. The number of aryl methyl sites for hydroxylation is 1. The van der Waals surface area contributed by atoms with E-state index in [1.165, 1.54) is 19.8 Å². The Hall–Kier alpha value is -2.90. The number of carbonyl (C=O) groups excluding carboxylic acids is 2. The molecule has 2 aliphatic rings. The molecule has 2 fully saturated rings. The van der Waals surface area contributed by atoms with Crippen molar-refractivity contribution in [3.8, 4) is 5.75 Å². The average Bonchev–Trinajstić information content (AvgIpc) is 3.46. The van der Waals surface area contributed by atoms with Gasteiger partial charge in [0.15, 0.2) is 5.82 Å². The summed E-state index contributed by atoms with van der Waals surface area (Å²) in [6.45, 7) is 1.94. The number of nitrogens with zero attached hydrogens (tertiary/aromatic N) is 2. The van der Waals surface area contributed by atoms with E-state index in [4.69, 9.17) is 9.26 Å². The summed E-state index contributed by atoms with van der Waals surface area (Å²) in [5, 5.41) is 10.3. The summed E-state index contributed by atoms with van der Waals surface area (Å²) in [5.74, 6) is 1.62. The number of para-hydroxylation sites is 1. The number of rotatable bonds is 9. The highest BCUT2D eigenvalue weighted by Crippen LogP contribution is 2.34. The molecule has 1 heterocycles. The summed E-state index contributed by atoms with van der Waals surface area (Å²) in [6.07, 6.45) is 11.4. The molecule has 0 saturated heterocycles. The molecule has 1 aromatic carbocycles. The minimum Gasteiger partial charge on any atom is -0.490 e. The van der Waals surface area contributed by atoms with Crippen molar-refractivity contribution in [2.45, 2.75) is 102 Å². The quantitative estimate of drug-likeness (QED) is 0.531. The van der Waals surface area contributed by atoms with Crippen LogP contribution in [-0.2, 0) is 28.1 Å². The van der Waals surface area contributed by atoms with Gasteiger partial charge < -0.3 is 19.9 Å². The van der Waals surface area contributed by atoms with Gasteiger partial charge in [0, 0.05) is 31.9 Å². The molecule has 2 N–H and O–H groups in total. The Morgan fingerprint density at radius 1 is 1.09 bits per heavy atom. The lowest BCUT2D eigenvalue weighted by molar-refractivity contribution is -0.122. The number of benzene rings is 1. The first-order valence-corrected chi connectivity index (χ1v) is 12.7. The predicted octanol–water partition coefficient (Wildman–Crippen LogP) is 4.33. The van der Waals surface area contributed by atoms with Crippen LogP contribution in [0.15, 0.2) is 28.8 Å². The van der Waals surface area contributed by atoms with Gasteiger partial charge in [0.1, 0.15) is 11.3 Å². The van der Waals surface area contributed by atoms with Crippen LogP contribution >= 0.6 is 0 Å². The smallest absolute Gasteiger partial charge is 0.227 e. The van der Waals surface area contributed by atoms with Gasteiger partial charge in [-0.1, -0.05) is 49.0 Å². The first kappa shape index (κ1) is 24.2. The predicted molar refractivity (Wildman–Crippen MR) is 127 cm³/mol. The number of aromatic nitrogens is 2. The van der Waals surface area contributed by atoms with Crippen LogP contribution < -0.4 is 15.4 Å². The maximum atomic E-state index is 12.5. The number of carbonyl (C=O) groups is 2. The van der Waals surface area contributed by atoms with Gasteiger partial charge in [0.05, 0.1) is 6.10 Å². The van der Waals surface area contributed by atoms with Crippen molar-refractivity contribution < 1.29 is 18.8 Å². The summed E-state index contributed by atoms with van der Waals surface area (Å²) in [6, 6.07) is 7.88. The molecule has 184 valence electrons. The monoisotopic (exact) mass is 468 g/mol. The molecular formula is C26H36N4O4. The van der Waals surface area contributed by atoms with Crippen molar-refractivity contribution in [3.63, 3.8) is 0 Å². The standard InChI is InChI=1S/C26H36N4O4/c1-19(31)29-26(16-8-2-3-9-17-26)25-28-24(34-30-25)15-14-23(32)27-18-20-10-4-7-13-22(20)33-21-11-5-6-12-21/h4,7,10,13,21H,2-3,5-6,8-9,11-12,14-18H2,1H3,(H,27,32)(H,29,31). The van der Waals surface area contributed by atoms with E-state index in [1.807, 2.05) is 24.3 Å². The third kappa shape index (κ3) is 6.36. The lowest BCUT2D eigenvalue weighted by atomic mass is 9.89. The molecule has 2 aliphatic carbocycles. The Balaban J connectivity index is 1.31. The minimum atomic E-state index is -0.574. The van der Waals surface area contributed by atoms with E-state index in [0.717, 1.165) is 62.7 Å². The van der Waals surface area contributed by atoms with Crippen molar-refractivity contribution in [3.05, 3.63) is 41.5 Å². The lowest BCUT2D eigenvalue weighted by Gasteiger charge is -2.30. The first-order valence-electron chi connectivity index (χ1n) is 12.7. The van der Waals surface area contributed by atoms with Gasteiger partial charge >= 0.3 is 0 Å². The molecule has 0 radical (unpaired) electrons. The van der Waals surface area contributed by atoms with Crippen molar-refractivity contribution in [2.24, 2.45) is 0 Å². The molecule has 4 rings (SSSR count). The second kappa shape index (κ2) is 11.5. The number of hydrogen-bond donors (Lipinski definition) is 2. The zero-order chi connectivity index (χ0) is 23.8. The largest absolute Gasteiger partial charge is 0.490 e. The van der Waals surface area contributed by atoms with Crippen LogP contribution in [0.5, 0.6) is 5.75 Å². The number of hydrogen-bond acceptors (Lipinski definition) is 6. The van der Waals surface area contributed by atoms with E-state index in [9.17, 15) is 9.59 Å². The van der Waals surface area contributed by atoms with E-state index in [0.29, 0.717) is 24.7 Å². The van der Waals surface area contributed by atoms with Gasteiger partial charge in [-0.05, 0) is 44.6 Å². The van der Waals surface area contributed by atoms with Gasteiger partial charge in [-0.25, -0.2) is 0 Å². The van der Waals surface area contributed by atoms with Crippen molar-refractivity contribution in [1.29, 1.82) is 0 Å². The number of amides is 2. The fourth-order valence-corrected chi connectivity index (χ4v) is 5.08. The molecule has 0 unspecified atom stereocenters. The lowest BCUT2D eigenvalue weighted by Crippen LogP contribution is -2.45. The Labute approximate surface area is 201 Å². The van der Waals surface area contributed by atoms with Crippen molar-refractivity contribution >= 4 is 11.8 Å². The zero-order valence-electron chi connectivity index (χ0n) is 20.1. The second-order valence-electron chi connectivity index (χ2n) is 9.60. The maximum Gasteiger partial charge on any atom is 0.227 e. The van der Waals surface area contributed by atoms with Gasteiger partial charge in [-0.15, -0.1) is 0 Å². The third-order valence-corrected chi connectivity index (χ3v) is 6.88. The summed E-state index contributed by atoms with van der Waals surface area (Å²) in [5.41, 5.74) is 0.406. The second-order valence-corrected chi connectivity index (χ2v) is 9.60. The van der Waals surface area contributed by atoms with E-state index >= 15 is 0 Å². The van der Waals surface area contributed by atoms with Crippen LogP contribution in [0.1, 0.15) is 94.8 Å². The van der Waals surface area contributed by atoms with Crippen LogP contribution in [0.3, 0.4) is 0 Å². The molecule has 0 atom stereocenters. The molecule has 1 aromatic heterocycles. The zero-order valence-corrected chi connectivity index (χ0v) is 20.1. The van der Waals surface area contributed by atoms with E-state index in [-0.39, 0.29) is 24.3 Å². The fraction of sp³-hybridized carbons (Fsp3) is 0.615. The summed E-state index contributed by atoms with van der Waals surface area (Å²) < 4.78 is 11.6. The number of ether oxygens (including phenoxy) is 1. The van der Waals surface area contributed by atoms with E-state index in [2.05, 4.69) is 20.8 Å². The van der Waals surface area contributed by atoms with Crippen LogP contribution in [0.4, 0.5) is 0 Å². The summed E-state index contributed by atoms with van der Waals surface area (Å²) in [7, 11) is 0. The molecule has 2 aromatic rings. The van der Waals surface area contributed by atoms with Crippen LogP contribution in [0, 0.1) is 0 Å². The van der Waals surface area contributed by atoms with Gasteiger partial charge in [-0.3, -0.25) is 9.59 Å². The minimum absolute atomic E-state index is 0.0820. The molecule has 0 bridgehead atoms. The van der Waals surface area contributed by atoms with Crippen molar-refractivity contribution in [2.75, 3.05) is 0 Å². The topological polar surface area (TPSA) is 106 Å². The van der Waals surface area contributed by atoms with E-state index in [1.54, 1.807) is 0 Å². The van der Waals surface area contributed by atoms with Crippen LogP contribution in [0.25, 0.3) is 0 Å². The highest BCUT2D eigenvalue weighted by Gasteiger charge is 2.38. The maximum absolute atomic E-state index is 12.5. The molecular weight excluding hydrogens is 432 g/mol. The Bertz CT molecular complexity index is 959. The highest BCUT2D eigenvalue weighted by atomic mass is 16.5. The molecule has 2 saturated carbocycles. The van der Waals surface area contributed by atoms with Gasteiger partial charge in [0.25, 0.3) is 0 Å². The normalized spacial score (nSPS) is 18.3. The number of nitrogens with one attached hydrogen (secondary N) is 2. The third-order valence-electron chi connectivity index (χ3n) is 6.88. The van der Waals surface area contributed by atoms with Gasteiger partial charge in [0.2, 0.25) is 17.7 Å². The highest BCUT2D eigenvalue weighted by molar-refractivity contribution is 5.76. The molecule has 2 amide bonds. The van der Waals surface area contributed by atoms with Gasteiger partial charge in [-0.2, -0.15) is 4.98 Å². The fourth-order valence-electron chi connectivity index (χ4n) is 5.08. The molecule has 8 heteroatoms. The van der Waals surface area contributed by atoms with Crippen molar-refractivity contribution in [1.82, 2.24) is 20.8 Å². The average molecular weight is 469 g/mol. The first-order chi connectivity index (χ1) is 16.5.